The second kappa shape index (κ2) is 7.02. The maximum absolute atomic E-state index is 11.9. The Kier molecular flexibility index (Phi) is 5.67. The molecule has 0 fully saturated rings. The van der Waals surface area contributed by atoms with Crippen molar-refractivity contribution in [2.75, 3.05) is 14.2 Å². The van der Waals surface area contributed by atoms with Crippen LogP contribution in [0, 0.1) is 5.92 Å². The van der Waals surface area contributed by atoms with E-state index < -0.39 is 0 Å². The van der Waals surface area contributed by atoms with Crippen molar-refractivity contribution in [3.8, 4) is 11.5 Å². The van der Waals surface area contributed by atoms with Gasteiger partial charge in [0.05, 0.1) is 20.3 Å². The normalized spacial score (nSPS) is 13.5. The van der Waals surface area contributed by atoms with Gasteiger partial charge in [-0.05, 0) is 25.5 Å². The minimum Gasteiger partial charge on any atom is -0.497 e. The van der Waals surface area contributed by atoms with Crippen molar-refractivity contribution >= 4 is 5.91 Å². The molecule has 1 aromatic carbocycles. The zero-order valence-electron chi connectivity index (χ0n) is 12.3. The van der Waals surface area contributed by atoms with E-state index in [4.69, 9.17) is 9.47 Å². The Hall–Kier alpha value is -1.71. The van der Waals surface area contributed by atoms with Crippen LogP contribution in [-0.2, 0) is 4.79 Å². The molecule has 0 spiro atoms. The summed E-state index contributed by atoms with van der Waals surface area (Å²) < 4.78 is 10.5. The SMILES string of the molecule is CCC(C)C(=O)NC(C)c1ccc(OC)cc1OC. The number of carbonyl (C=O) groups excluding carboxylic acids is 1. The minimum atomic E-state index is -0.0950. The van der Waals surface area contributed by atoms with Crippen LogP contribution in [-0.4, -0.2) is 20.1 Å². The highest BCUT2D eigenvalue weighted by Gasteiger charge is 2.17. The third kappa shape index (κ3) is 3.88. The predicted octanol–water partition coefficient (Wildman–Crippen LogP) is 2.93. The second-order valence-electron chi connectivity index (χ2n) is 4.65. The van der Waals surface area contributed by atoms with Crippen LogP contribution in [0.2, 0.25) is 0 Å². The molecular formula is C15H23NO3. The predicted molar refractivity (Wildman–Crippen MR) is 75.6 cm³/mol. The molecule has 0 heterocycles. The number of methoxy groups -OCH3 is 2. The van der Waals surface area contributed by atoms with Gasteiger partial charge in [0, 0.05) is 17.5 Å². The Morgan fingerprint density at radius 2 is 1.95 bits per heavy atom. The Balaban J connectivity index is 2.87. The van der Waals surface area contributed by atoms with Gasteiger partial charge in [-0.25, -0.2) is 0 Å². The van der Waals surface area contributed by atoms with Gasteiger partial charge in [0.15, 0.2) is 0 Å². The Labute approximate surface area is 115 Å². The van der Waals surface area contributed by atoms with Gasteiger partial charge in [-0.3, -0.25) is 4.79 Å². The lowest BCUT2D eigenvalue weighted by atomic mass is 10.0. The Morgan fingerprint density at radius 3 is 2.47 bits per heavy atom. The lowest BCUT2D eigenvalue weighted by Gasteiger charge is -2.19. The quantitative estimate of drug-likeness (QED) is 0.860. The second-order valence-corrected chi connectivity index (χ2v) is 4.65. The number of benzene rings is 1. The van der Waals surface area contributed by atoms with Crippen molar-refractivity contribution in [2.45, 2.75) is 33.2 Å². The number of rotatable bonds is 6. The first-order valence-electron chi connectivity index (χ1n) is 6.55. The van der Waals surface area contributed by atoms with E-state index in [-0.39, 0.29) is 17.9 Å². The van der Waals surface area contributed by atoms with Crippen molar-refractivity contribution in [1.82, 2.24) is 5.32 Å². The average Bonchev–Trinajstić information content (AvgIpc) is 2.45. The smallest absolute Gasteiger partial charge is 0.223 e. The van der Waals surface area contributed by atoms with E-state index in [0.717, 1.165) is 23.5 Å². The third-order valence-corrected chi connectivity index (χ3v) is 3.33. The molecule has 0 saturated heterocycles. The summed E-state index contributed by atoms with van der Waals surface area (Å²) >= 11 is 0. The van der Waals surface area contributed by atoms with E-state index in [1.54, 1.807) is 14.2 Å². The number of hydrogen-bond acceptors (Lipinski definition) is 3. The zero-order valence-corrected chi connectivity index (χ0v) is 12.3. The van der Waals surface area contributed by atoms with Crippen LogP contribution in [0.5, 0.6) is 11.5 Å². The monoisotopic (exact) mass is 265 g/mol. The van der Waals surface area contributed by atoms with E-state index in [1.807, 2.05) is 39.0 Å². The van der Waals surface area contributed by atoms with Crippen LogP contribution in [0.3, 0.4) is 0 Å². The van der Waals surface area contributed by atoms with Crippen LogP contribution in [0.4, 0.5) is 0 Å². The molecule has 0 saturated carbocycles. The van der Waals surface area contributed by atoms with Gasteiger partial charge >= 0.3 is 0 Å². The zero-order chi connectivity index (χ0) is 14.4. The topological polar surface area (TPSA) is 47.6 Å². The number of hydrogen-bond donors (Lipinski definition) is 1. The first-order valence-corrected chi connectivity index (χ1v) is 6.55. The van der Waals surface area contributed by atoms with Crippen LogP contribution in [0.25, 0.3) is 0 Å². The average molecular weight is 265 g/mol. The van der Waals surface area contributed by atoms with E-state index in [1.165, 1.54) is 0 Å². The van der Waals surface area contributed by atoms with Gasteiger partial charge in [-0.2, -0.15) is 0 Å². The van der Waals surface area contributed by atoms with E-state index in [9.17, 15) is 4.79 Å². The molecule has 0 aliphatic carbocycles. The number of ether oxygens (including phenoxy) is 2. The third-order valence-electron chi connectivity index (χ3n) is 3.33. The fourth-order valence-corrected chi connectivity index (χ4v) is 1.79. The van der Waals surface area contributed by atoms with Gasteiger partial charge in [-0.15, -0.1) is 0 Å². The van der Waals surface area contributed by atoms with Crippen molar-refractivity contribution in [3.05, 3.63) is 23.8 Å². The minimum absolute atomic E-state index is 0.0201. The van der Waals surface area contributed by atoms with Crippen molar-refractivity contribution < 1.29 is 14.3 Å². The molecule has 4 nitrogen and oxygen atoms in total. The largest absolute Gasteiger partial charge is 0.497 e. The molecule has 2 unspecified atom stereocenters. The number of amides is 1. The van der Waals surface area contributed by atoms with Crippen molar-refractivity contribution in [3.63, 3.8) is 0 Å². The molecule has 2 atom stereocenters. The van der Waals surface area contributed by atoms with Crippen LogP contribution in [0.15, 0.2) is 18.2 Å². The van der Waals surface area contributed by atoms with Gasteiger partial charge in [0.2, 0.25) is 5.91 Å². The lowest BCUT2D eigenvalue weighted by Crippen LogP contribution is -2.31. The molecule has 1 N–H and O–H groups in total. The van der Waals surface area contributed by atoms with Crippen LogP contribution >= 0.6 is 0 Å². The summed E-state index contributed by atoms with van der Waals surface area (Å²) in [5.74, 6) is 1.54. The molecule has 19 heavy (non-hydrogen) atoms. The standard InChI is InChI=1S/C15H23NO3/c1-6-10(2)15(17)16-11(3)13-8-7-12(18-4)9-14(13)19-5/h7-11H,6H2,1-5H3,(H,16,17). The molecule has 0 aromatic heterocycles. The van der Waals surface area contributed by atoms with Crippen molar-refractivity contribution in [1.29, 1.82) is 0 Å². The maximum atomic E-state index is 11.9. The fraction of sp³-hybridized carbons (Fsp3) is 0.533. The number of nitrogens with one attached hydrogen (secondary N) is 1. The van der Waals surface area contributed by atoms with Crippen LogP contribution < -0.4 is 14.8 Å². The molecule has 0 aliphatic heterocycles. The molecule has 0 bridgehead atoms. The molecule has 1 amide bonds. The molecule has 1 rings (SSSR count). The van der Waals surface area contributed by atoms with Crippen LogP contribution in [0.1, 0.15) is 38.8 Å². The summed E-state index contributed by atoms with van der Waals surface area (Å²) in [6, 6.07) is 5.51. The molecular weight excluding hydrogens is 242 g/mol. The summed E-state index contributed by atoms with van der Waals surface area (Å²) in [6.45, 7) is 5.88. The highest BCUT2D eigenvalue weighted by atomic mass is 16.5. The van der Waals surface area contributed by atoms with Gasteiger partial charge in [0.1, 0.15) is 11.5 Å². The summed E-state index contributed by atoms with van der Waals surface area (Å²) in [6.07, 6.45) is 0.832. The van der Waals surface area contributed by atoms with Crippen molar-refractivity contribution in [2.24, 2.45) is 5.92 Å². The summed E-state index contributed by atoms with van der Waals surface area (Å²) in [5, 5.41) is 3.00. The Bertz CT molecular complexity index is 431. The Morgan fingerprint density at radius 1 is 1.26 bits per heavy atom. The highest BCUT2D eigenvalue weighted by Crippen LogP contribution is 2.29. The fourth-order valence-electron chi connectivity index (χ4n) is 1.79. The summed E-state index contributed by atoms with van der Waals surface area (Å²) in [4.78, 5) is 11.9. The van der Waals surface area contributed by atoms with Gasteiger partial charge in [0.25, 0.3) is 0 Å². The van der Waals surface area contributed by atoms with E-state index in [2.05, 4.69) is 5.32 Å². The molecule has 1 aromatic rings. The molecule has 0 radical (unpaired) electrons. The first-order chi connectivity index (χ1) is 9.03. The van der Waals surface area contributed by atoms with E-state index in [0.29, 0.717) is 0 Å². The summed E-state index contributed by atoms with van der Waals surface area (Å²) in [5.41, 5.74) is 0.944. The van der Waals surface area contributed by atoms with E-state index >= 15 is 0 Å². The summed E-state index contributed by atoms with van der Waals surface area (Å²) in [7, 11) is 3.23. The highest BCUT2D eigenvalue weighted by molar-refractivity contribution is 5.78. The first kappa shape index (κ1) is 15.3. The number of carbonyl (C=O) groups is 1. The van der Waals surface area contributed by atoms with Gasteiger partial charge < -0.3 is 14.8 Å². The molecule has 0 aliphatic rings. The van der Waals surface area contributed by atoms with Gasteiger partial charge in [-0.1, -0.05) is 13.8 Å². The molecule has 106 valence electrons. The lowest BCUT2D eigenvalue weighted by molar-refractivity contribution is -0.125. The molecule has 4 heteroatoms. The maximum Gasteiger partial charge on any atom is 0.223 e.